The molecule has 0 atom stereocenters. The molecule has 1 amide bonds. The van der Waals surface area contributed by atoms with Crippen LogP contribution in [0.25, 0.3) is 16.8 Å². The van der Waals surface area contributed by atoms with Crippen LogP contribution in [-0.2, 0) is 0 Å². The zero-order chi connectivity index (χ0) is 21.1. The first-order chi connectivity index (χ1) is 14.5. The lowest BCUT2D eigenvalue weighted by Crippen LogP contribution is -2.15. The van der Waals surface area contributed by atoms with E-state index in [-0.39, 0.29) is 22.6 Å². The number of carbonyl (C=O) groups is 2. The van der Waals surface area contributed by atoms with Crippen LogP contribution in [-0.4, -0.2) is 31.6 Å². The van der Waals surface area contributed by atoms with Crippen LogP contribution < -0.4 is 5.32 Å². The molecule has 1 aromatic heterocycles. The highest BCUT2D eigenvalue weighted by Gasteiger charge is 2.17. The van der Waals surface area contributed by atoms with Crippen LogP contribution >= 0.6 is 0 Å². The van der Waals surface area contributed by atoms with Gasteiger partial charge in [0.25, 0.3) is 5.91 Å². The summed E-state index contributed by atoms with van der Waals surface area (Å²) in [5.41, 5.74) is 2.41. The number of benzene rings is 3. The number of hydrogen-bond donors (Lipinski definition) is 3. The van der Waals surface area contributed by atoms with Gasteiger partial charge in [0.2, 0.25) is 0 Å². The monoisotopic (exact) mass is 399 g/mol. The maximum Gasteiger partial charge on any atom is 0.337 e. The molecule has 0 spiro atoms. The summed E-state index contributed by atoms with van der Waals surface area (Å²) in [6.45, 7) is 0. The summed E-state index contributed by atoms with van der Waals surface area (Å²) in [4.78, 5) is 28.3. The van der Waals surface area contributed by atoms with Crippen molar-refractivity contribution in [1.82, 2.24) is 9.55 Å². The summed E-state index contributed by atoms with van der Waals surface area (Å²) in [6, 6.07) is 18.7. The van der Waals surface area contributed by atoms with E-state index in [1.165, 1.54) is 18.2 Å². The quantitative estimate of drug-likeness (QED) is 0.467. The molecule has 0 aliphatic heterocycles. The first kappa shape index (κ1) is 18.9. The highest BCUT2D eigenvalue weighted by molar-refractivity contribution is 6.09. The molecular formula is C23H17N3O4. The van der Waals surface area contributed by atoms with Gasteiger partial charge in [0.05, 0.1) is 28.8 Å². The average Bonchev–Trinajstić information content (AvgIpc) is 3.29. The van der Waals surface area contributed by atoms with Crippen molar-refractivity contribution < 1.29 is 19.8 Å². The van der Waals surface area contributed by atoms with Crippen LogP contribution in [0.5, 0.6) is 5.75 Å². The van der Waals surface area contributed by atoms with Gasteiger partial charge >= 0.3 is 5.97 Å². The van der Waals surface area contributed by atoms with Crippen molar-refractivity contribution in [3.8, 4) is 22.6 Å². The number of carboxylic acid groups (broad SMARTS) is 1. The standard InChI is InChI=1S/C23H17N3O4/c27-21-13-17(26-11-10-24-14-26)7-9-19(21)22(28)25-20-12-16(6-8-18(20)23(29)30)15-4-2-1-3-5-15/h1-14,27H,(H,25,28)(H,29,30). The minimum Gasteiger partial charge on any atom is -0.507 e. The lowest BCUT2D eigenvalue weighted by molar-refractivity contribution is 0.0698. The fraction of sp³-hybridized carbons (Fsp3) is 0. The summed E-state index contributed by atoms with van der Waals surface area (Å²) in [5, 5.41) is 22.5. The van der Waals surface area contributed by atoms with Crippen molar-refractivity contribution in [3.63, 3.8) is 0 Å². The van der Waals surface area contributed by atoms with E-state index in [9.17, 15) is 19.8 Å². The molecule has 0 unspecified atom stereocenters. The second-order valence-corrected chi connectivity index (χ2v) is 6.56. The number of amides is 1. The Morgan fingerprint density at radius 3 is 2.33 bits per heavy atom. The maximum absolute atomic E-state index is 12.8. The predicted molar refractivity (Wildman–Crippen MR) is 112 cm³/mol. The van der Waals surface area contributed by atoms with Crippen molar-refractivity contribution in [2.75, 3.05) is 5.32 Å². The molecule has 0 saturated heterocycles. The van der Waals surface area contributed by atoms with Crippen LogP contribution in [0.2, 0.25) is 0 Å². The number of aromatic hydroxyl groups is 1. The summed E-state index contributed by atoms with van der Waals surface area (Å²) < 4.78 is 1.69. The number of phenols is 1. The molecule has 0 aliphatic rings. The summed E-state index contributed by atoms with van der Waals surface area (Å²) in [5.74, 6) is -2.00. The Balaban J connectivity index is 1.66. The molecule has 3 aromatic carbocycles. The Hall–Kier alpha value is -4.39. The third-order valence-electron chi connectivity index (χ3n) is 4.63. The van der Waals surface area contributed by atoms with Crippen LogP contribution in [0.4, 0.5) is 5.69 Å². The number of nitrogens with one attached hydrogen (secondary N) is 1. The van der Waals surface area contributed by atoms with Crippen LogP contribution in [0.3, 0.4) is 0 Å². The Bertz CT molecular complexity index is 1220. The van der Waals surface area contributed by atoms with E-state index in [0.29, 0.717) is 5.69 Å². The fourth-order valence-electron chi connectivity index (χ4n) is 3.12. The Kier molecular flexibility index (Phi) is 5.00. The van der Waals surface area contributed by atoms with Gasteiger partial charge < -0.3 is 20.1 Å². The summed E-state index contributed by atoms with van der Waals surface area (Å²) in [6.07, 6.45) is 4.89. The summed E-state index contributed by atoms with van der Waals surface area (Å²) >= 11 is 0. The molecule has 4 rings (SSSR count). The number of hydrogen-bond acceptors (Lipinski definition) is 4. The number of carboxylic acids is 1. The third kappa shape index (κ3) is 3.77. The topological polar surface area (TPSA) is 104 Å². The van der Waals surface area contributed by atoms with E-state index < -0.39 is 11.9 Å². The maximum atomic E-state index is 12.8. The van der Waals surface area contributed by atoms with Crippen LogP contribution in [0.1, 0.15) is 20.7 Å². The second kappa shape index (κ2) is 7.92. The molecule has 1 heterocycles. The van der Waals surface area contributed by atoms with Gasteiger partial charge in [0.15, 0.2) is 0 Å². The van der Waals surface area contributed by atoms with Crippen molar-refractivity contribution in [1.29, 1.82) is 0 Å². The lowest BCUT2D eigenvalue weighted by atomic mass is 10.0. The fourth-order valence-corrected chi connectivity index (χ4v) is 3.12. The van der Waals surface area contributed by atoms with Gasteiger partial charge in [-0.25, -0.2) is 9.78 Å². The Morgan fingerprint density at radius 1 is 0.900 bits per heavy atom. The molecule has 0 aliphatic carbocycles. The number of aromatic nitrogens is 2. The minimum atomic E-state index is -1.16. The smallest absolute Gasteiger partial charge is 0.337 e. The first-order valence-corrected chi connectivity index (χ1v) is 9.08. The molecule has 4 aromatic rings. The average molecular weight is 399 g/mol. The van der Waals surface area contributed by atoms with Crippen molar-refractivity contribution in [2.24, 2.45) is 0 Å². The molecular weight excluding hydrogens is 382 g/mol. The van der Waals surface area contributed by atoms with E-state index in [1.807, 2.05) is 30.3 Å². The highest BCUT2D eigenvalue weighted by Crippen LogP contribution is 2.28. The van der Waals surface area contributed by atoms with Gasteiger partial charge in [-0.1, -0.05) is 36.4 Å². The van der Waals surface area contributed by atoms with E-state index >= 15 is 0 Å². The van der Waals surface area contributed by atoms with Gasteiger partial charge in [0.1, 0.15) is 5.75 Å². The number of rotatable bonds is 5. The number of carbonyl (C=O) groups excluding carboxylic acids is 1. The van der Waals surface area contributed by atoms with Crippen LogP contribution in [0.15, 0.2) is 85.5 Å². The normalized spacial score (nSPS) is 10.5. The molecule has 0 bridgehead atoms. The first-order valence-electron chi connectivity index (χ1n) is 9.08. The van der Waals surface area contributed by atoms with Gasteiger partial charge in [-0.2, -0.15) is 0 Å². The molecule has 148 valence electrons. The number of imidazole rings is 1. The van der Waals surface area contributed by atoms with E-state index in [4.69, 9.17) is 0 Å². The molecule has 0 radical (unpaired) electrons. The highest BCUT2D eigenvalue weighted by atomic mass is 16.4. The zero-order valence-corrected chi connectivity index (χ0v) is 15.7. The van der Waals surface area contributed by atoms with E-state index in [1.54, 1.807) is 41.5 Å². The number of aromatic carboxylic acids is 1. The van der Waals surface area contributed by atoms with Crippen molar-refractivity contribution in [3.05, 3.63) is 96.6 Å². The van der Waals surface area contributed by atoms with E-state index in [0.717, 1.165) is 11.1 Å². The van der Waals surface area contributed by atoms with Gasteiger partial charge in [0, 0.05) is 18.5 Å². The third-order valence-corrected chi connectivity index (χ3v) is 4.63. The van der Waals surface area contributed by atoms with Gasteiger partial charge in [-0.3, -0.25) is 4.79 Å². The van der Waals surface area contributed by atoms with Crippen LogP contribution in [0, 0.1) is 0 Å². The summed E-state index contributed by atoms with van der Waals surface area (Å²) in [7, 11) is 0. The Morgan fingerprint density at radius 2 is 1.67 bits per heavy atom. The molecule has 0 fully saturated rings. The second-order valence-electron chi connectivity index (χ2n) is 6.56. The SMILES string of the molecule is O=C(Nc1cc(-c2ccccc2)ccc1C(=O)O)c1ccc(-n2ccnc2)cc1O. The predicted octanol–water partition coefficient (Wildman–Crippen LogP) is 4.20. The van der Waals surface area contributed by atoms with Gasteiger partial charge in [-0.05, 0) is 35.4 Å². The molecule has 7 heteroatoms. The minimum absolute atomic E-state index is 0.0281. The molecule has 0 saturated carbocycles. The zero-order valence-electron chi connectivity index (χ0n) is 15.7. The lowest BCUT2D eigenvalue weighted by Gasteiger charge is -2.12. The molecule has 3 N–H and O–H groups in total. The largest absolute Gasteiger partial charge is 0.507 e. The van der Waals surface area contributed by atoms with Crippen molar-refractivity contribution >= 4 is 17.6 Å². The number of anilines is 1. The molecule has 7 nitrogen and oxygen atoms in total. The number of nitrogens with zero attached hydrogens (tertiary/aromatic N) is 2. The Labute approximate surface area is 171 Å². The molecule has 30 heavy (non-hydrogen) atoms. The van der Waals surface area contributed by atoms with Crippen molar-refractivity contribution in [2.45, 2.75) is 0 Å². The number of phenolic OH excluding ortho intramolecular Hbond substituents is 1. The van der Waals surface area contributed by atoms with Gasteiger partial charge in [-0.15, -0.1) is 0 Å². The van der Waals surface area contributed by atoms with E-state index in [2.05, 4.69) is 10.3 Å².